The number of halogens is 3. The van der Waals surface area contributed by atoms with Gasteiger partial charge in [-0.05, 0) is 45.1 Å². The van der Waals surface area contributed by atoms with Gasteiger partial charge in [-0.25, -0.2) is 0 Å². The summed E-state index contributed by atoms with van der Waals surface area (Å²) in [5, 5.41) is 4.27. The minimum absolute atomic E-state index is 0. The van der Waals surface area contributed by atoms with Crippen LogP contribution in [0.1, 0.15) is 23.2 Å². The molecule has 2 aromatic carbocycles. The SMILES string of the molecule is CN1CCN(C(=O)c2c(Cl)cc(NC3CN(C4CCN([C-]=O)CC4)C3)cc2Cl)CC1.Fc1c[c-]ccc1.[Es]. The Morgan fingerprint density at radius 1 is 1.08 bits per heavy atom. The van der Waals surface area contributed by atoms with Gasteiger partial charge in [0.25, 0.3) is 5.91 Å². The fourth-order valence-corrected chi connectivity index (χ4v) is 5.51. The third kappa shape index (κ3) is 7.34. The molecule has 0 saturated carbocycles. The number of anilines is 1. The molecule has 1 radical (unpaired) electrons. The number of amides is 2. The van der Waals surface area contributed by atoms with E-state index in [1.807, 2.05) is 11.3 Å². The van der Waals surface area contributed by atoms with E-state index in [1.165, 1.54) is 12.1 Å². The summed E-state index contributed by atoms with van der Waals surface area (Å²) in [6.45, 7) is 6.55. The second-order valence-corrected chi connectivity index (χ2v) is 10.6. The Bertz CT molecular complexity index is 1040. The maximum absolute atomic E-state index is 12.9. The molecule has 0 aliphatic carbocycles. The molecule has 38 heavy (non-hydrogen) atoms. The van der Waals surface area contributed by atoms with E-state index >= 15 is 0 Å². The first-order chi connectivity index (χ1) is 17.8. The molecule has 0 bridgehead atoms. The number of benzene rings is 2. The quantitative estimate of drug-likeness (QED) is 0.469. The molecule has 11 heteroatoms. The molecule has 0 spiro atoms. The molecule has 3 saturated heterocycles. The molecule has 2 aromatic rings. The third-order valence-electron chi connectivity index (χ3n) is 7.11. The Hall–Kier alpha value is -3.39. The van der Waals surface area contributed by atoms with Crippen LogP contribution in [0.3, 0.4) is 0 Å². The van der Waals surface area contributed by atoms with Gasteiger partial charge in [0.1, 0.15) is 0 Å². The maximum atomic E-state index is 12.9. The topological polar surface area (TPSA) is 59.1 Å². The monoisotopic (exact) mass is 799 g/mol. The van der Waals surface area contributed by atoms with E-state index in [1.54, 1.807) is 29.2 Å². The molecule has 2 amide bonds. The number of piperidine rings is 1. The van der Waals surface area contributed by atoms with Crippen molar-refractivity contribution in [1.29, 1.82) is 0 Å². The minimum Gasteiger partial charge on any atom is -0.520 e. The molecule has 0 aromatic heterocycles. The number of carbonyl (C=O) groups is 1. The standard InChI is InChI=1S/C21H28Cl2N5O2.C6H4F.Es/c1-25-6-8-27(9-7-25)21(30)20-18(22)10-15(11-19(20)23)24-16-12-28(13-16)17-2-4-26(14-29)5-3-17;7-6-4-2-1-3-5-6;/h10-11,16-17,24H,2-9,12-13H2,1H3;1-2,4-5H;/q2*-1;. The van der Waals surface area contributed by atoms with Gasteiger partial charge in [-0.3, -0.25) is 14.1 Å². The number of nitrogens with one attached hydrogen (secondary N) is 1. The number of carbonyl (C=O) groups excluding carboxylic acids is 2. The molecule has 3 fully saturated rings. The third-order valence-corrected chi connectivity index (χ3v) is 7.70. The molecule has 3 aliphatic heterocycles. The Morgan fingerprint density at radius 3 is 2.21 bits per heavy atom. The van der Waals surface area contributed by atoms with Crippen LogP contribution < -0.4 is 5.32 Å². The van der Waals surface area contributed by atoms with Crippen LogP contribution in [0.2, 0.25) is 10.0 Å². The van der Waals surface area contributed by atoms with Crippen LogP contribution in [0.25, 0.3) is 0 Å². The van der Waals surface area contributed by atoms with Gasteiger partial charge in [-0.2, -0.15) is 24.6 Å². The van der Waals surface area contributed by atoms with Gasteiger partial charge >= 0.3 is 0 Å². The molecule has 211 valence electrons. The van der Waals surface area contributed by atoms with E-state index in [0.29, 0.717) is 40.8 Å². The van der Waals surface area contributed by atoms with Crippen molar-refractivity contribution in [3.8, 4) is 0 Å². The predicted molar refractivity (Wildman–Crippen MR) is 144 cm³/mol. The Kier molecular flexibility index (Phi) is 10.3. The summed E-state index contributed by atoms with van der Waals surface area (Å²) in [5.41, 5.74) is 1.23. The zero-order valence-electron chi connectivity index (χ0n) is 21.2. The Morgan fingerprint density at radius 2 is 1.71 bits per heavy atom. The van der Waals surface area contributed by atoms with E-state index in [2.05, 4.69) is 28.2 Å². The molecular weight excluding hydrogens is 768 g/mol. The summed E-state index contributed by atoms with van der Waals surface area (Å²) in [4.78, 5) is 31.8. The smallest absolute Gasteiger partial charge is 0.256 e. The molecule has 0 unspecified atom stereocenters. The maximum Gasteiger partial charge on any atom is 0.256 e. The predicted octanol–water partition coefficient (Wildman–Crippen LogP) is 3.63. The number of rotatable bonds is 5. The largest absolute Gasteiger partial charge is 0.520 e. The van der Waals surface area contributed by atoms with Crippen LogP contribution in [-0.4, -0.2) is 103 Å². The van der Waals surface area contributed by atoms with Crippen molar-refractivity contribution in [1.82, 2.24) is 19.6 Å². The number of piperazine rings is 1. The van der Waals surface area contributed by atoms with Gasteiger partial charge in [-0.1, -0.05) is 23.2 Å². The number of hydrogen-bond donors (Lipinski definition) is 1. The van der Waals surface area contributed by atoms with Crippen LogP contribution in [0.4, 0.5) is 10.1 Å². The van der Waals surface area contributed by atoms with Gasteiger partial charge in [0, 0.05) is 56.8 Å². The zero-order chi connectivity index (χ0) is 26.4. The number of likely N-dealkylation sites (N-methyl/N-ethyl adjacent to an activating group) is 1. The molecule has 7 nitrogen and oxygen atoms in total. The summed E-state index contributed by atoms with van der Waals surface area (Å²) in [7, 11) is 2.05. The molecule has 1 N–H and O–H groups in total. The Balaban J connectivity index is 0.000000435. The summed E-state index contributed by atoms with van der Waals surface area (Å²) in [5.74, 6) is -0.333. The van der Waals surface area contributed by atoms with Crippen molar-refractivity contribution in [3.63, 3.8) is 0 Å². The molecule has 3 aliphatic rings. The van der Waals surface area contributed by atoms with Crippen LogP contribution in [0, 0.1) is 11.9 Å². The van der Waals surface area contributed by atoms with Gasteiger partial charge < -0.3 is 24.8 Å². The van der Waals surface area contributed by atoms with Crippen molar-refractivity contribution in [2.24, 2.45) is 0 Å². The van der Waals surface area contributed by atoms with Gasteiger partial charge in [0.2, 0.25) is 0 Å². The van der Waals surface area contributed by atoms with E-state index in [-0.39, 0.29) is 11.7 Å². The van der Waals surface area contributed by atoms with E-state index < -0.39 is 0 Å². The average molecular weight is 800 g/mol. The first-order valence-corrected chi connectivity index (χ1v) is 13.3. The molecular formula is C27H32Cl2EsFN5O2-2. The van der Waals surface area contributed by atoms with Crippen molar-refractivity contribution >= 4 is 41.2 Å². The minimum atomic E-state index is -0.234. The molecule has 5 rings (SSSR count). The van der Waals surface area contributed by atoms with Crippen LogP contribution in [-0.2, 0) is 4.79 Å². The zero-order valence-corrected chi connectivity index (χ0v) is 25.3. The first kappa shape index (κ1) is 29.2. The van der Waals surface area contributed by atoms with Gasteiger partial charge in [-0.15, -0.1) is 12.1 Å². The van der Waals surface area contributed by atoms with Crippen molar-refractivity contribution in [3.05, 3.63) is 63.9 Å². The average Bonchev–Trinajstić information content (AvgIpc) is 2.87. The van der Waals surface area contributed by atoms with Gasteiger partial charge in [0.15, 0.2) is 0 Å². The Labute approximate surface area is 228 Å². The summed E-state index contributed by atoms with van der Waals surface area (Å²) in [6, 6.07) is 13.0. The number of hydrogen-bond acceptors (Lipinski definition) is 5. The summed E-state index contributed by atoms with van der Waals surface area (Å²) >= 11 is 12.9. The van der Waals surface area contributed by atoms with E-state index in [9.17, 15) is 14.0 Å². The summed E-state index contributed by atoms with van der Waals surface area (Å²) in [6.07, 6.45) is 3.99. The molecule has 0 atom stereocenters. The fraction of sp³-hybridized carbons (Fsp3) is 0.481. The van der Waals surface area contributed by atoms with Crippen molar-refractivity contribution < 1.29 is 14.0 Å². The second kappa shape index (κ2) is 13.4. The van der Waals surface area contributed by atoms with E-state index in [0.717, 1.165) is 57.8 Å². The summed E-state index contributed by atoms with van der Waals surface area (Å²) < 4.78 is 11.9. The van der Waals surface area contributed by atoms with Crippen LogP contribution >= 0.6 is 23.2 Å². The number of likely N-dealkylation sites (tertiary alicyclic amines) is 2. The normalized spacial score (nSPS) is 19.1. The van der Waals surface area contributed by atoms with Crippen LogP contribution in [0.15, 0.2) is 36.4 Å². The second-order valence-electron chi connectivity index (χ2n) is 9.74. The first-order valence-electron chi connectivity index (χ1n) is 12.6. The fourth-order valence-electron chi connectivity index (χ4n) is 4.86. The molecule has 3 heterocycles. The van der Waals surface area contributed by atoms with E-state index in [4.69, 9.17) is 23.2 Å². The van der Waals surface area contributed by atoms with Gasteiger partial charge in [0.05, 0.1) is 21.7 Å². The number of nitrogens with zero attached hydrogens (tertiary/aromatic N) is 4. The van der Waals surface area contributed by atoms with Crippen molar-refractivity contribution in [2.75, 3.05) is 64.7 Å². The van der Waals surface area contributed by atoms with Crippen molar-refractivity contribution in [2.45, 2.75) is 24.9 Å². The van der Waals surface area contributed by atoms with Crippen LogP contribution in [0.5, 0.6) is 0 Å².